The summed E-state index contributed by atoms with van der Waals surface area (Å²) in [5, 5.41) is 11.3. The number of carbonyl (C=O) groups excluding carboxylic acids is 1. The normalized spacial score (nSPS) is 17.8. The maximum atomic E-state index is 11.9. The van der Waals surface area contributed by atoms with Crippen molar-refractivity contribution in [3.8, 4) is 0 Å². The van der Waals surface area contributed by atoms with Crippen molar-refractivity contribution in [1.82, 2.24) is 10.2 Å². The first kappa shape index (κ1) is 15.8. The van der Waals surface area contributed by atoms with Gasteiger partial charge in [0.15, 0.2) is 0 Å². The second kappa shape index (κ2) is 8.02. The number of nitrogens with zero attached hydrogens (tertiary/aromatic N) is 1. The summed E-state index contributed by atoms with van der Waals surface area (Å²) in [6.07, 6.45) is 6.84. The first-order valence-electron chi connectivity index (χ1n) is 7.25. The van der Waals surface area contributed by atoms with E-state index in [4.69, 9.17) is 5.11 Å². The Bertz CT molecular complexity index is 301. The zero-order valence-electron chi connectivity index (χ0n) is 12.0. The molecule has 0 aromatic heterocycles. The van der Waals surface area contributed by atoms with Crippen LogP contribution in [0.2, 0.25) is 0 Å². The van der Waals surface area contributed by atoms with E-state index in [9.17, 15) is 9.59 Å². The largest absolute Gasteiger partial charge is 0.481 e. The average Bonchev–Trinajstić information content (AvgIpc) is 2.42. The second-order valence-corrected chi connectivity index (χ2v) is 5.48. The molecule has 1 fully saturated rings. The lowest BCUT2D eigenvalue weighted by Gasteiger charge is -2.34. The highest BCUT2D eigenvalue weighted by Gasteiger charge is 2.25. The summed E-state index contributed by atoms with van der Waals surface area (Å²) in [7, 11) is 1.83. The lowest BCUT2D eigenvalue weighted by molar-refractivity contribution is -0.137. The van der Waals surface area contributed by atoms with E-state index >= 15 is 0 Å². The number of hydrogen-bond acceptors (Lipinski definition) is 2. The van der Waals surface area contributed by atoms with E-state index in [1.54, 1.807) is 4.90 Å². The molecule has 0 spiro atoms. The fraction of sp³-hybridized carbons (Fsp3) is 0.857. The van der Waals surface area contributed by atoms with Crippen molar-refractivity contribution in [2.75, 3.05) is 13.6 Å². The predicted octanol–water partition coefficient (Wildman–Crippen LogP) is 2.46. The number of nitrogens with one attached hydrogen (secondary N) is 1. The molecule has 1 unspecified atom stereocenters. The van der Waals surface area contributed by atoms with Crippen LogP contribution in [0.4, 0.5) is 4.79 Å². The molecule has 1 atom stereocenters. The molecular weight excluding hydrogens is 244 g/mol. The molecule has 110 valence electrons. The second-order valence-electron chi connectivity index (χ2n) is 5.48. The van der Waals surface area contributed by atoms with Crippen LogP contribution in [0.1, 0.15) is 51.9 Å². The Hall–Kier alpha value is -1.26. The number of carboxylic acid groups (broad SMARTS) is 1. The van der Waals surface area contributed by atoms with Gasteiger partial charge in [0.05, 0.1) is 0 Å². The molecule has 1 aliphatic carbocycles. The number of carboxylic acids is 1. The smallest absolute Gasteiger partial charge is 0.317 e. The standard InChI is InChI=1S/C14H26N2O3/c1-11(12-7-4-3-5-8-12)16(2)14(19)15-10-6-9-13(17)18/h11-12H,3-10H2,1-2H3,(H,15,19)(H,17,18). The predicted molar refractivity (Wildman–Crippen MR) is 74.1 cm³/mol. The number of urea groups is 1. The summed E-state index contributed by atoms with van der Waals surface area (Å²) in [6, 6.07) is 0.156. The third-order valence-electron chi connectivity index (χ3n) is 4.11. The van der Waals surface area contributed by atoms with E-state index in [0.29, 0.717) is 18.9 Å². The van der Waals surface area contributed by atoms with Crippen LogP contribution in [0.5, 0.6) is 0 Å². The molecule has 19 heavy (non-hydrogen) atoms. The zero-order chi connectivity index (χ0) is 14.3. The van der Waals surface area contributed by atoms with E-state index in [1.165, 1.54) is 32.1 Å². The molecule has 0 aliphatic heterocycles. The quantitative estimate of drug-likeness (QED) is 0.728. The maximum absolute atomic E-state index is 11.9. The van der Waals surface area contributed by atoms with Crippen molar-refractivity contribution >= 4 is 12.0 Å². The maximum Gasteiger partial charge on any atom is 0.317 e. The number of aliphatic carboxylic acids is 1. The van der Waals surface area contributed by atoms with Gasteiger partial charge in [0.1, 0.15) is 0 Å². The van der Waals surface area contributed by atoms with E-state index in [0.717, 1.165) is 0 Å². The van der Waals surface area contributed by atoms with Crippen LogP contribution in [0.25, 0.3) is 0 Å². The fourth-order valence-electron chi connectivity index (χ4n) is 2.68. The van der Waals surface area contributed by atoms with Crippen molar-refractivity contribution in [3.05, 3.63) is 0 Å². The molecule has 0 aromatic rings. The molecule has 0 bridgehead atoms. The van der Waals surface area contributed by atoms with Gasteiger partial charge in [-0.1, -0.05) is 19.3 Å². The summed E-state index contributed by atoms with van der Waals surface area (Å²) >= 11 is 0. The average molecular weight is 270 g/mol. The third kappa shape index (κ3) is 5.49. The summed E-state index contributed by atoms with van der Waals surface area (Å²) in [5.74, 6) is -0.221. The first-order valence-corrected chi connectivity index (χ1v) is 7.25. The minimum atomic E-state index is -0.821. The van der Waals surface area contributed by atoms with Gasteiger partial charge in [-0.05, 0) is 32.1 Å². The summed E-state index contributed by atoms with van der Waals surface area (Å²) in [4.78, 5) is 24.1. The molecule has 0 heterocycles. The van der Waals surface area contributed by atoms with Crippen LogP contribution in [0.15, 0.2) is 0 Å². The van der Waals surface area contributed by atoms with Crippen LogP contribution < -0.4 is 5.32 Å². The molecule has 5 heteroatoms. The zero-order valence-corrected chi connectivity index (χ0v) is 12.0. The Morgan fingerprint density at radius 3 is 2.53 bits per heavy atom. The Morgan fingerprint density at radius 2 is 1.95 bits per heavy atom. The highest BCUT2D eigenvalue weighted by atomic mass is 16.4. The SMILES string of the molecule is CC(C1CCCCC1)N(C)C(=O)NCCCC(=O)O. The lowest BCUT2D eigenvalue weighted by Crippen LogP contribution is -2.46. The van der Waals surface area contributed by atoms with E-state index in [-0.39, 0.29) is 18.5 Å². The van der Waals surface area contributed by atoms with Gasteiger partial charge < -0.3 is 15.3 Å². The monoisotopic (exact) mass is 270 g/mol. The Balaban J connectivity index is 2.28. The van der Waals surface area contributed by atoms with Gasteiger partial charge in [0.2, 0.25) is 0 Å². The van der Waals surface area contributed by atoms with Crippen LogP contribution in [0, 0.1) is 5.92 Å². The van der Waals surface area contributed by atoms with Gasteiger partial charge >= 0.3 is 12.0 Å². The van der Waals surface area contributed by atoms with Crippen molar-refractivity contribution in [2.24, 2.45) is 5.92 Å². The van der Waals surface area contributed by atoms with Gasteiger partial charge in [-0.2, -0.15) is 0 Å². The molecule has 0 aromatic carbocycles. The van der Waals surface area contributed by atoms with Gasteiger partial charge in [-0.3, -0.25) is 4.79 Å². The number of carbonyl (C=O) groups is 2. The van der Waals surface area contributed by atoms with E-state index in [1.807, 2.05) is 7.05 Å². The van der Waals surface area contributed by atoms with Crippen molar-refractivity contribution in [2.45, 2.75) is 57.9 Å². The molecule has 5 nitrogen and oxygen atoms in total. The van der Waals surface area contributed by atoms with Crippen LogP contribution in [-0.4, -0.2) is 41.6 Å². The minimum absolute atomic E-state index is 0.0940. The topological polar surface area (TPSA) is 69.6 Å². The summed E-state index contributed by atoms with van der Waals surface area (Å²) < 4.78 is 0. The fourth-order valence-corrected chi connectivity index (χ4v) is 2.68. The van der Waals surface area contributed by atoms with Gasteiger partial charge in [-0.25, -0.2) is 4.79 Å². The van der Waals surface area contributed by atoms with Crippen molar-refractivity contribution < 1.29 is 14.7 Å². The molecule has 1 aliphatic rings. The molecule has 1 rings (SSSR count). The van der Waals surface area contributed by atoms with Gasteiger partial charge in [0.25, 0.3) is 0 Å². The minimum Gasteiger partial charge on any atom is -0.481 e. The molecular formula is C14H26N2O3. The van der Waals surface area contributed by atoms with E-state index < -0.39 is 5.97 Å². The first-order chi connectivity index (χ1) is 9.02. The number of amides is 2. The van der Waals surface area contributed by atoms with Gasteiger partial charge in [-0.15, -0.1) is 0 Å². The number of rotatable bonds is 6. The summed E-state index contributed by atoms with van der Waals surface area (Å²) in [6.45, 7) is 2.53. The summed E-state index contributed by atoms with van der Waals surface area (Å²) in [5.41, 5.74) is 0. The highest BCUT2D eigenvalue weighted by molar-refractivity contribution is 5.74. The Kier molecular flexibility index (Phi) is 6.67. The molecule has 2 N–H and O–H groups in total. The van der Waals surface area contributed by atoms with Crippen molar-refractivity contribution in [1.29, 1.82) is 0 Å². The lowest BCUT2D eigenvalue weighted by atomic mass is 9.84. The van der Waals surface area contributed by atoms with Crippen LogP contribution >= 0.6 is 0 Å². The third-order valence-corrected chi connectivity index (χ3v) is 4.11. The van der Waals surface area contributed by atoms with Crippen LogP contribution in [-0.2, 0) is 4.79 Å². The molecule has 0 radical (unpaired) electrons. The van der Waals surface area contributed by atoms with Gasteiger partial charge in [0, 0.05) is 26.1 Å². The highest BCUT2D eigenvalue weighted by Crippen LogP contribution is 2.28. The Labute approximate surface area is 115 Å². The molecule has 2 amide bonds. The Morgan fingerprint density at radius 1 is 1.32 bits per heavy atom. The van der Waals surface area contributed by atoms with E-state index in [2.05, 4.69) is 12.2 Å². The molecule has 0 saturated heterocycles. The van der Waals surface area contributed by atoms with Crippen molar-refractivity contribution in [3.63, 3.8) is 0 Å². The number of hydrogen-bond donors (Lipinski definition) is 2. The molecule has 1 saturated carbocycles. The van der Waals surface area contributed by atoms with Crippen LogP contribution in [0.3, 0.4) is 0 Å².